The van der Waals surface area contributed by atoms with E-state index in [0.717, 1.165) is 11.3 Å². The number of carbonyl (C=O) groups excluding carboxylic acids is 1. The van der Waals surface area contributed by atoms with Crippen molar-refractivity contribution in [2.24, 2.45) is 5.92 Å². The monoisotopic (exact) mass is 333 g/mol. The van der Waals surface area contributed by atoms with E-state index in [1.807, 2.05) is 30.9 Å². The molecule has 0 bridgehead atoms. The van der Waals surface area contributed by atoms with Crippen LogP contribution in [0.3, 0.4) is 0 Å². The van der Waals surface area contributed by atoms with Crippen LogP contribution in [0.1, 0.15) is 30.3 Å². The fourth-order valence-corrected chi connectivity index (χ4v) is 4.25. The number of benzene rings is 2. The lowest BCUT2D eigenvalue weighted by molar-refractivity contribution is -0.121. The standard InChI is InChI=1S/C21H19NOS/c1-14(2)21(23)22-18-11-6-5-9-16(18)15-8-3-4-10-17(15)20(22)19-12-7-13-24-19/h3-14,20H,1-2H3. The Hall–Kier alpha value is -2.39. The van der Waals surface area contributed by atoms with Crippen LogP contribution < -0.4 is 4.90 Å². The molecule has 2 aromatic carbocycles. The first-order valence-electron chi connectivity index (χ1n) is 8.23. The number of rotatable bonds is 2. The first-order valence-corrected chi connectivity index (χ1v) is 9.11. The lowest BCUT2D eigenvalue weighted by Gasteiger charge is -2.39. The minimum atomic E-state index is -0.0502. The van der Waals surface area contributed by atoms with E-state index < -0.39 is 0 Å². The highest BCUT2D eigenvalue weighted by Gasteiger charge is 2.36. The summed E-state index contributed by atoms with van der Waals surface area (Å²) in [5.41, 5.74) is 4.56. The molecule has 1 aliphatic rings. The number of amides is 1. The van der Waals surface area contributed by atoms with Gasteiger partial charge in [0.05, 0.1) is 11.7 Å². The molecule has 3 aromatic rings. The summed E-state index contributed by atoms with van der Waals surface area (Å²) < 4.78 is 0. The molecule has 0 fully saturated rings. The molecule has 0 aliphatic carbocycles. The summed E-state index contributed by atoms with van der Waals surface area (Å²) in [4.78, 5) is 16.3. The molecule has 0 spiro atoms. The van der Waals surface area contributed by atoms with Gasteiger partial charge in [0.1, 0.15) is 0 Å². The lowest BCUT2D eigenvalue weighted by atomic mass is 9.86. The maximum absolute atomic E-state index is 13.1. The topological polar surface area (TPSA) is 20.3 Å². The Bertz CT molecular complexity index is 882. The van der Waals surface area contributed by atoms with Gasteiger partial charge in [-0.25, -0.2) is 0 Å². The molecule has 1 atom stereocenters. The molecule has 3 heteroatoms. The summed E-state index contributed by atoms with van der Waals surface area (Å²) in [6, 6.07) is 20.8. The Balaban J connectivity index is 2.01. The largest absolute Gasteiger partial charge is 0.299 e. The smallest absolute Gasteiger partial charge is 0.230 e. The number of fused-ring (bicyclic) bond motifs is 3. The molecule has 2 nitrogen and oxygen atoms in total. The van der Waals surface area contributed by atoms with Crippen LogP contribution in [0.2, 0.25) is 0 Å². The molecule has 0 N–H and O–H groups in total. The highest BCUT2D eigenvalue weighted by molar-refractivity contribution is 7.10. The van der Waals surface area contributed by atoms with Crippen molar-refractivity contribution in [3.63, 3.8) is 0 Å². The van der Waals surface area contributed by atoms with Crippen molar-refractivity contribution in [2.45, 2.75) is 19.9 Å². The molecule has 0 saturated heterocycles. The summed E-state index contributed by atoms with van der Waals surface area (Å²) in [5, 5.41) is 2.08. The zero-order valence-electron chi connectivity index (χ0n) is 13.8. The summed E-state index contributed by atoms with van der Waals surface area (Å²) in [7, 11) is 0. The van der Waals surface area contributed by atoms with Gasteiger partial charge in [-0.05, 0) is 28.6 Å². The zero-order valence-corrected chi connectivity index (χ0v) is 14.6. The van der Waals surface area contributed by atoms with Crippen LogP contribution in [0, 0.1) is 5.92 Å². The van der Waals surface area contributed by atoms with Crippen molar-refractivity contribution < 1.29 is 4.79 Å². The zero-order chi connectivity index (χ0) is 16.7. The molecule has 120 valence electrons. The minimum Gasteiger partial charge on any atom is -0.299 e. The summed E-state index contributed by atoms with van der Waals surface area (Å²) in [6.45, 7) is 3.94. The number of carbonyl (C=O) groups is 1. The maximum atomic E-state index is 13.1. The molecule has 24 heavy (non-hydrogen) atoms. The van der Waals surface area contributed by atoms with Crippen molar-refractivity contribution in [1.82, 2.24) is 0 Å². The fraction of sp³-hybridized carbons (Fsp3) is 0.190. The van der Waals surface area contributed by atoms with Crippen molar-refractivity contribution in [1.29, 1.82) is 0 Å². The molecule has 1 aromatic heterocycles. The Labute approximate surface area is 146 Å². The van der Waals surface area contributed by atoms with Crippen LogP contribution >= 0.6 is 11.3 Å². The van der Waals surface area contributed by atoms with Gasteiger partial charge >= 0.3 is 0 Å². The molecule has 1 aliphatic heterocycles. The summed E-state index contributed by atoms with van der Waals surface area (Å²) in [5.74, 6) is 0.112. The van der Waals surface area contributed by atoms with Gasteiger partial charge in [-0.3, -0.25) is 9.69 Å². The van der Waals surface area contributed by atoms with E-state index in [0.29, 0.717) is 0 Å². The molecule has 2 heterocycles. The lowest BCUT2D eigenvalue weighted by Crippen LogP contribution is -2.40. The van der Waals surface area contributed by atoms with E-state index in [4.69, 9.17) is 0 Å². The quantitative estimate of drug-likeness (QED) is 0.606. The average molecular weight is 333 g/mol. The predicted molar refractivity (Wildman–Crippen MR) is 100 cm³/mol. The second-order valence-corrected chi connectivity index (χ2v) is 7.36. The van der Waals surface area contributed by atoms with Crippen molar-refractivity contribution in [3.8, 4) is 11.1 Å². The molecular formula is C21H19NOS. The number of hydrogen-bond acceptors (Lipinski definition) is 2. The van der Waals surface area contributed by atoms with Crippen molar-refractivity contribution in [3.05, 3.63) is 76.5 Å². The van der Waals surface area contributed by atoms with Gasteiger partial charge in [0.15, 0.2) is 0 Å². The van der Waals surface area contributed by atoms with Crippen molar-refractivity contribution >= 4 is 22.9 Å². The SMILES string of the molecule is CC(C)C(=O)N1c2ccccc2-c2ccccc2C1c1cccs1. The maximum Gasteiger partial charge on any atom is 0.230 e. The molecule has 4 rings (SSSR count). The second-order valence-electron chi connectivity index (χ2n) is 6.39. The number of hydrogen-bond donors (Lipinski definition) is 0. The minimum absolute atomic E-state index is 0.0500. The first-order chi connectivity index (χ1) is 11.7. The van der Waals surface area contributed by atoms with E-state index in [2.05, 4.69) is 53.9 Å². The number of anilines is 1. The third-order valence-electron chi connectivity index (χ3n) is 4.51. The summed E-state index contributed by atoms with van der Waals surface area (Å²) >= 11 is 1.71. The van der Waals surface area contributed by atoms with E-state index in [-0.39, 0.29) is 17.9 Å². The Morgan fingerprint density at radius 1 is 0.958 bits per heavy atom. The van der Waals surface area contributed by atoms with Gasteiger partial charge in [0.25, 0.3) is 0 Å². The van der Waals surface area contributed by atoms with Crippen LogP contribution in [0.5, 0.6) is 0 Å². The number of thiophene rings is 1. The van der Waals surface area contributed by atoms with Crippen molar-refractivity contribution in [2.75, 3.05) is 4.90 Å². The van der Waals surface area contributed by atoms with E-state index in [9.17, 15) is 4.79 Å². The molecule has 0 saturated carbocycles. The molecule has 1 amide bonds. The number of para-hydroxylation sites is 1. The highest BCUT2D eigenvalue weighted by atomic mass is 32.1. The van der Waals surface area contributed by atoms with Gasteiger partial charge in [0, 0.05) is 16.4 Å². The van der Waals surface area contributed by atoms with E-state index in [1.54, 1.807) is 11.3 Å². The Morgan fingerprint density at radius 2 is 1.67 bits per heavy atom. The first kappa shape index (κ1) is 15.2. The highest BCUT2D eigenvalue weighted by Crippen LogP contribution is 2.48. The third-order valence-corrected chi connectivity index (χ3v) is 5.44. The van der Waals surface area contributed by atoms with Gasteiger partial charge in [-0.15, -0.1) is 11.3 Å². The van der Waals surface area contributed by atoms with Crippen LogP contribution in [-0.2, 0) is 4.79 Å². The van der Waals surface area contributed by atoms with E-state index in [1.165, 1.54) is 16.0 Å². The van der Waals surface area contributed by atoms with Crippen LogP contribution in [0.4, 0.5) is 5.69 Å². The normalized spacial score (nSPS) is 16.0. The molecule has 1 unspecified atom stereocenters. The predicted octanol–water partition coefficient (Wildman–Crippen LogP) is 5.51. The molecular weight excluding hydrogens is 314 g/mol. The second kappa shape index (κ2) is 5.91. The fourth-order valence-electron chi connectivity index (χ4n) is 3.42. The van der Waals surface area contributed by atoms with Crippen LogP contribution in [0.15, 0.2) is 66.0 Å². The van der Waals surface area contributed by atoms with Gasteiger partial charge < -0.3 is 0 Å². The van der Waals surface area contributed by atoms with Gasteiger partial charge in [-0.1, -0.05) is 62.4 Å². The van der Waals surface area contributed by atoms with Crippen LogP contribution in [0.25, 0.3) is 11.1 Å². The average Bonchev–Trinajstić information content (AvgIpc) is 3.14. The Morgan fingerprint density at radius 3 is 2.38 bits per heavy atom. The van der Waals surface area contributed by atoms with Gasteiger partial charge in [-0.2, -0.15) is 0 Å². The van der Waals surface area contributed by atoms with E-state index >= 15 is 0 Å². The Kier molecular flexibility index (Phi) is 3.73. The number of nitrogens with zero attached hydrogens (tertiary/aromatic N) is 1. The third kappa shape index (κ3) is 2.28. The molecule has 0 radical (unpaired) electrons. The summed E-state index contributed by atoms with van der Waals surface area (Å²) in [6.07, 6.45) is 0. The van der Waals surface area contributed by atoms with Gasteiger partial charge in [0.2, 0.25) is 5.91 Å². The van der Waals surface area contributed by atoms with Crippen LogP contribution in [-0.4, -0.2) is 5.91 Å².